The molecular weight excluding hydrogens is 212 g/mol. The van der Waals surface area contributed by atoms with Crippen LogP contribution < -0.4 is 5.73 Å². The van der Waals surface area contributed by atoms with Gasteiger partial charge in [-0.3, -0.25) is 9.69 Å². The van der Waals surface area contributed by atoms with Gasteiger partial charge in [-0.05, 0) is 32.7 Å². The maximum Gasteiger partial charge on any atom is 0.237 e. The molecule has 0 spiro atoms. The van der Waals surface area contributed by atoms with Crippen molar-refractivity contribution in [3.05, 3.63) is 0 Å². The highest BCUT2D eigenvalue weighted by Crippen LogP contribution is 2.26. The van der Waals surface area contributed by atoms with E-state index in [0.29, 0.717) is 0 Å². The van der Waals surface area contributed by atoms with Gasteiger partial charge in [-0.15, -0.1) is 0 Å². The fourth-order valence-corrected chi connectivity index (χ4v) is 1.83. The molecule has 1 amide bonds. The van der Waals surface area contributed by atoms with E-state index in [9.17, 15) is 4.79 Å². The molecule has 1 atom stereocenters. The summed E-state index contributed by atoms with van der Waals surface area (Å²) in [6.45, 7) is 16.0. The van der Waals surface area contributed by atoms with Gasteiger partial charge in [0.05, 0.1) is 5.54 Å². The van der Waals surface area contributed by atoms with Crippen LogP contribution in [-0.4, -0.2) is 29.4 Å². The van der Waals surface area contributed by atoms with Crippen molar-refractivity contribution in [2.45, 2.75) is 66.8 Å². The third-order valence-electron chi connectivity index (χ3n) is 3.26. The molecule has 1 saturated heterocycles. The quantitative estimate of drug-likeness (QED) is 0.829. The average molecular weight is 244 g/mol. The zero-order valence-electron chi connectivity index (χ0n) is 12.8. The highest BCUT2D eigenvalue weighted by Gasteiger charge is 2.36. The number of hydrogen-bond acceptors (Lipinski definition) is 2. The Morgan fingerprint density at radius 3 is 2.06 bits per heavy atom. The van der Waals surface area contributed by atoms with Crippen molar-refractivity contribution in [3.8, 4) is 0 Å². The van der Waals surface area contributed by atoms with Crippen molar-refractivity contribution < 1.29 is 4.79 Å². The van der Waals surface area contributed by atoms with Gasteiger partial charge in [0, 0.05) is 6.54 Å². The second kappa shape index (κ2) is 9.46. The summed E-state index contributed by atoms with van der Waals surface area (Å²) in [5.74, 6) is 0.530. The predicted octanol–water partition coefficient (Wildman–Crippen LogP) is 3.03. The number of likely N-dealkylation sites (tertiary alicyclic amines) is 1. The SMILES string of the molecule is CC.CC.CCC1CCN(C(C)(C)C(N)=O)C1. The van der Waals surface area contributed by atoms with Gasteiger partial charge in [0.1, 0.15) is 0 Å². The first-order valence-electron chi connectivity index (χ1n) is 7.03. The normalized spacial score (nSPS) is 19.8. The molecule has 0 aromatic heterocycles. The lowest BCUT2D eigenvalue weighted by molar-refractivity contribution is -0.127. The number of carbonyl (C=O) groups excluding carboxylic acids is 1. The predicted molar refractivity (Wildman–Crippen MR) is 75.9 cm³/mol. The smallest absolute Gasteiger partial charge is 0.237 e. The van der Waals surface area contributed by atoms with Crippen LogP contribution in [0.15, 0.2) is 0 Å². The van der Waals surface area contributed by atoms with Crippen LogP contribution in [-0.2, 0) is 4.79 Å². The molecule has 0 saturated carbocycles. The van der Waals surface area contributed by atoms with Crippen molar-refractivity contribution in [1.29, 1.82) is 0 Å². The van der Waals surface area contributed by atoms with E-state index in [-0.39, 0.29) is 5.91 Å². The maximum absolute atomic E-state index is 11.2. The first-order valence-corrected chi connectivity index (χ1v) is 7.03. The van der Waals surface area contributed by atoms with Gasteiger partial charge in [-0.1, -0.05) is 41.0 Å². The molecule has 3 nitrogen and oxygen atoms in total. The van der Waals surface area contributed by atoms with Gasteiger partial charge in [0.25, 0.3) is 0 Å². The summed E-state index contributed by atoms with van der Waals surface area (Å²) in [6.07, 6.45) is 2.40. The zero-order valence-corrected chi connectivity index (χ0v) is 12.8. The van der Waals surface area contributed by atoms with Crippen molar-refractivity contribution in [2.24, 2.45) is 11.7 Å². The van der Waals surface area contributed by atoms with E-state index in [1.165, 1.54) is 12.8 Å². The van der Waals surface area contributed by atoms with E-state index < -0.39 is 5.54 Å². The summed E-state index contributed by atoms with van der Waals surface area (Å²) in [6, 6.07) is 0. The lowest BCUT2D eigenvalue weighted by Crippen LogP contribution is -2.52. The van der Waals surface area contributed by atoms with Crippen LogP contribution in [0.2, 0.25) is 0 Å². The molecule has 2 N–H and O–H groups in total. The number of nitrogens with two attached hydrogens (primary N) is 1. The van der Waals surface area contributed by atoms with Crippen LogP contribution in [0.25, 0.3) is 0 Å². The molecule has 0 aromatic carbocycles. The Morgan fingerprint density at radius 2 is 1.76 bits per heavy atom. The largest absolute Gasteiger partial charge is 0.368 e. The molecule has 1 fully saturated rings. The van der Waals surface area contributed by atoms with Gasteiger partial charge < -0.3 is 5.73 Å². The van der Waals surface area contributed by atoms with Gasteiger partial charge in [-0.2, -0.15) is 0 Å². The molecule has 3 heteroatoms. The highest BCUT2D eigenvalue weighted by atomic mass is 16.1. The summed E-state index contributed by atoms with van der Waals surface area (Å²) in [5.41, 5.74) is 4.89. The summed E-state index contributed by atoms with van der Waals surface area (Å²) < 4.78 is 0. The van der Waals surface area contributed by atoms with E-state index in [1.807, 2.05) is 41.5 Å². The molecule has 0 radical (unpaired) electrons. The molecule has 0 aliphatic carbocycles. The zero-order chi connectivity index (χ0) is 14.1. The van der Waals surface area contributed by atoms with Crippen molar-refractivity contribution in [2.75, 3.05) is 13.1 Å². The number of hydrogen-bond donors (Lipinski definition) is 1. The molecule has 1 aliphatic rings. The Morgan fingerprint density at radius 1 is 1.29 bits per heavy atom. The molecule has 1 unspecified atom stereocenters. The number of nitrogens with zero attached hydrogens (tertiary/aromatic N) is 1. The number of carbonyl (C=O) groups is 1. The summed E-state index contributed by atoms with van der Waals surface area (Å²) in [7, 11) is 0. The number of amides is 1. The summed E-state index contributed by atoms with van der Waals surface area (Å²) in [4.78, 5) is 13.4. The third kappa shape index (κ3) is 5.53. The van der Waals surface area contributed by atoms with Crippen LogP contribution >= 0.6 is 0 Å². The van der Waals surface area contributed by atoms with Crippen molar-refractivity contribution in [3.63, 3.8) is 0 Å². The van der Waals surface area contributed by atoms with Crippen LogP contribution in [0.1, 0.15) is 61.3 Å². The first kappa shape index (κ1) is 18.8. The van der Waals surface area contributed by atoms with Crippen LogP contribution in [0.4, 0.5) is 0 Å². The fourth-order valence-electron chi connectivity index (χ4n) is 1.83. The van der Waals surface area contributed by atoms with Crippen molar-refractivity contribution in [1.82, 2.24) is 4.90 Å². The van der Waals surface area contributed by atoms with E-state index in [0.717, 1.165) is 19.0 Å². The topological polar surface area (TPSA) is 46.3 Å². The maximum atomic E-state index is 11.2. The van der Waals surface area contributed by atoms with E-state index in [2.05, 4.69) is 11.8 Å². The van der Waals surface area contributed by atoms with Gasteiger partial charge in [-0.25, -0.2) is 0 Å². The van der Waals surface area contributed by atoms with E-state index in [4.69, 9.17) is 5.73 Å². The Kier molecular flexibility index (Phi) is 10.5. The standard InChI is InChI=1S/C10H20N2O.2C2H6/c1-4-8-5-6-12(7-8)10(2,3)9(11)13;2*1-2/h8H,4-7H2,1-3H3,(H2,11,13);2*1-2H3. The minimum atomic E-state index is -0.468. The van der Waals surface area contributed by atoms with E-state index in [1.54, 1.807) is 0 Å². The van der Waals surface area contributed by atoms with Crippen LogP contribution in [0, 0.1) is 5.92 Å². The molecule has 1 heterocycles. The molecule has 104 valence electrons. The molecule has 0 bridgehead atoms. The van der Waals surface area contributed by atoms with Crippen LogP contribution in [0.3, 0.4) is 0 Å². The van der Waals surface area contributed by atoms with Gasteiger partial charge in [0.2, 0.25) is 5.91 Å². The molecular formula is C14H32N2O. The monoisotopic (exact) mass is 244 g/mol. The minimum Gasteiger partial charge on any atom is -0.368 e. The second-order valence-corrected chi connectivity index (χ2v) is 4.43. The Hall–Kier alpha value is -0.570. The lowest BCUT2D eigenvalue weighted by atomic mass is 10.0. The Labute approximate surface area is 108 Å². The van der Waals surface area contributed by atoms with E-state index >= 15 is 0 Å². The number of primary amides is 1. The number of rotatable bonds is 3. The molecule has 1 rings (SSSR count). The molecule has 0 aromatic rings. The van der Waals surface area contributed by atoms with Crippen molar-refractivity contribution >= 4 is 5.91 Å². The molecule has 1 aliphatic heterocycles. The molecule has 17 heavy (non-hydrogen) atoms. The first-order chi connectivity index (χ1) is 7.98. The van der Waals surface area contributed by atoms with Gasteiger partial charge in [0.15, 0.2) is 0 Å². The van der Waals surface area contributed by atoms with Crippen LogP contribution in [0.5, 0.6) is 0 Å². The third-order valence-corrected chi connectivity index (χ3v) is 3.26. The fraction of sp³-hybridized carbons (Fsp3) is 0.929. The Balaban J connectivity index is 0. The van der Waals surface area contributed by atoms with Gasteiger partial charge >= 0.3 is 0 Å². The highest BCUT2D eigenvalue weighted by molar-refractivity contribution is 5.83. The Bertz CT molecular complexity index is 202. The second-order valence-electron chi connectivity index (χ2n) is 4.43. The average Bonchev–Trinajstić information content (AvgIpc) is 2.83. The summed E-state index contributed by atoms with van der Waals surface area (Å²) >= 11 is 0. The minimum absolute atomic E-state index is 0.218. The lowest BCUT2D eigenvalue weighted by Gasteiger charge is -2.32. The summed E-state index contributed by atoms with van der Waals surface area (Å²) in [5, 5.41) is 0.